The summed E-state index contributed by atoms with van der Waals surface area (Å²) in [6.45, 7) is 6.95. The van der Waals surface area contributed by atoms with Crippen LogP contribution in [0.1, 0.15) is 32.6 Å². The quantitative estimate of drug-likeness (QED) is 0.678. The van der Waals surface area contributed by atoms with Gasteiger partial charge in [-0.1, -0.05) is 25.5 Å². The third kappa shape index (κ3) is 2.84. The van der Waals surface area contributed by atoms with E-state index in [2.05, 4.69) is 18.8 Å². The highest BCUT2D eigenvalue weighted by Gasteiger charge is 2.24. The van der Waals surface area contributed by atoms with Crippen LogP contribution >= 0.6 is 0 Å². The number of hydrogen-bond donors (Lipinski definition) is 2. The zero-order valence-electron chi connectivity index (χ0n) is 8.75. The Kier molecular flexibility index (Phi) is 4.14. The highest BCUT2D eigenvalue weighted by atomic mass is 16.4. The topological polar surface area (TPSA) is 49.3 Å². The second-order valence-electron chi connectivity index (χ2n) is 3.98. The Morgan fingerprint density at radius 2 is 2.43 bits per heavy atom. The van der Waals surface area contributed by atoms with Crippen LogP contribution in [0.5, 0.6) is 0 Å². The van der Waals surface area contributed by atoms with Crippen molar-refractivity contribution in [2.75, 3.05) is 6.54 Å². The molecule has 0 saturated carbocycles. The number of hydrogen-bond acceptors (Lipinski definition) is 2. The summed E-state index contributed by atoms with van der Waals surface area (Å²) in [5, 5.41) is 11.9. The monoisotopic (exact) mass is 197 g/mol. The molecule has 1 saturated heterocycles. The lowest BCUT2D eigenvalue weighted by Crippen LogP contribution is -2.35. The van der Waals surface area contributed by atoms with E-state index in [1.54, 1.807) is 0 Å². The third-order valence-electron chi connectivity index (χ3n) is 2.86. The van der Waals surface area contributed by atoms with Gasteiger partial charge in [-0.3, -0.25) is 4.79 Å². The molecule has 0 bridgehead atoms. The Labute approximate surface area is 85.2 Å². The molecular weight excluding hydrogens is 178 g/mol. The maximum absolute atomic E-state index is 10.8. The minimum Gasteiger partial charge on any atom is -0.480 e. The van der Waals surface area contributed by atoms with Gasteiger partial charge < -0.3 is 10.4 Å². The van der Waals surface area contributed by atoms with E-state index in [0.29, 0.717) is 12.3 Å². The van der Waals surface area contributed by atoms with Crippen molar-refractivity contribution in [2.24, 2.45) is 5.92 Å². The molecular formula is C11H19NO2. The maximum atomic E-state index is 10.8. The first-order valence-corrected chi connectivity index (χ1v) is 5.29. The third-order valence-corrected chi connectivity index (χ3v) is 2.86. The number of carbonyl (C=O) groups is 1. The van der Waals surface area contributed by atoms with E-state index < -0.39 is 12.0 Å². The first kappa shape index (κ1) is 11.2. The molecule has 0 spiro atoms. The number of aliphatic carboxylic acids is 1. The number of carboxylic acids is 1. The van der Waals surface area contributed by atoms with Gasteiger partial charge >= 0.3 is 5.97 Å². The molecule has 2 unspecified atom stereocenters. The lowest BCUT2D eigenvalue weighted by Gasteiger charge is -2.15. The van der Waals surface area contributed by atoms with Crippen LogP contribution in [0.2, 0.25) is 0 Å². The minimum absolute atomic E-state index is 0.427. The second kappa shape index (κ2) is 5.15. The molecule has 3 nitrogen and oxygen atoms in total. The molecule has 0 amide bonds. The van der Waals surface area contributed by atoms with Crippen LogP contribution in [0.3, 0.4) is 0 Å². The first-order valence-electron chi connectivity index (χ1n) is 5.29. The molecule has 1 aliphatic rings. The summed E-state index contributed by atoms with van der Waals surface area (Å²) in [4.78, 5) is 10.8. The van der Waals surface area contributed by atoms with Gasteiger partial charge in [0.05, 0.1) is 0 Å². The van der Waals surface area contributed by atoms with E-state index in [4.69, 9.17) is 5.11 Å². The van der Waals surface area contributed by atoms with Crippen molar-refractivity contribution in [3.05, 3.63) is 12.2 Å². The zero-order chi connectivity index (χ0) is 10.6. The molecule has 1 heterocycles. The predicted octanol–water partition coefficient (Wildman–Crippen LogP) is 1.80. The molecule has 1 rings (SSSR count). The van der Waals surface area contributed by atoms with Gasteiger partial charge in [0.25, 0.3) is 0 Å². The van der Waals surface area contributed by atoms with Gasteiger partial charge in [-0.25, -0.2) is 0 Å². The van der Waals surface area contributed by atoms with Crippen molar-refractivity contribution in [1.82, 2.24) is 5.32 Å². The largest absolute Gasteiger partial charge is 0.480 e. The van der Waals surface area contributed by atoms with E-state index in [0.717, 1.165) is 31.4 Å². The molecule has 2 atom stereocenters. The average molecular weight is 197 g/mol. The van der Waals surface area contributed by atoms with Crippen molar-refractivity contribution in [1.29, 1.82) is 0 Å². The molecule has 2 N–H and O–H groups in total. The molecule has 0 aliphatic carbocycles. The van der Waals surface area contributed by atoms with Crippen molar-refractivity contribution in [3.63, 3.8) is 0 Å². The van der Waals surface area contributed by atoms with Crippen LogP contribution in [-0.2, 0) is 4.79 Å². The summed E-state index contributed by atoms with van der Waals surface area (Å²) in [7, 11) is 0. The Hall–Kier alpha value is -0.830. The average Bonchev–Trinajstić information content (AvgIpc) is 2.30. The number of carboxylic acid groups (broad SMARTS) is 1. The Balaban J connectivity index is 2.56. The molecule has 14 heavy (non-hydrogen) atoms. The van der Waals surface area contributed by atoms with Crippen molar-refractivity contribution in [2.45, 2.75) is 38.6 Å². The van der Waals surface area contributed by atoms with Gasteiger partial charge in [0.15, 0.2) is 0 Å². The highest BCUT2D eigenvalue weighted by Crippen LogP contribution is 2.25. The number of nitrogens with one attached hydrogen (secondary N) is 1. The lowest BCUT2D eigenvalue weighted by atomic mass is 9.90. The second-order valence-corrected chi connectivity index (χ2v) is 3.98. The van der Waals surface area contributed by atoms with Gasteiger partial charge in [-0.05, 0) is 31.7 Å². The molecule has 0 aromatic carbocycles. The number of rotatable bonds is 3. The standard InChI is InChI=1S/C11H19NO2/c1-3-4-9-5-6-12-10(11(13)14)7-8(9)2/h9-10,12H,2-7H2,1H3,(H,13,14). The minimum atomic E-state index is -0.761. The van der Waals surface area contributed by atoms with Gasteiger partial charge in [-0.2, -0.15) is 0 Å². The lowest BCUT2D eigenvalue weighted by molar-refractivity contribution is -0.139. The van der Waals surface area contributed by atoms with E-state index in [1.807, 2.05) is 0 Å². The maximum Gasteiger partial charge on any atom is 0.321 e. The molecule has 0 aromatic heterocycles. The summed E-state index contributed by atoms with van der Waals surface area (Å²) in [6, 6.07) is -0.427. The fraction of sp³-hybridized carbons (Fsp3) is 0.727. The van der Waals surface area contributed by atoms with Crippen molar-refractivity contribution < 1.29 is 9.90 Å². The van der Waals surface area contributed by atoms with Crippen LogP contribution in [0.25, 0.3) is 0 Å². The Morgan fingerprint density at radius 3 is 3.00 bits per heavy atom. The SMILES string of the molecule is C=C1CC(C(=O)O)NCCC1CCC. The Bertz CT molecular complexity index is 225. The van der Waals surface area contributed by atoms with Crippen molar-refractivity contribution in [3.8, 4) is 0 Å². The van der Waals surface area contributed by atoms with Crippen LogP contribution in [-0.4, -0.2) is 23.7 Å². The summed E-state index contributed by atoms with van der Waals surface area (Å²) in [6.07, 6.45) is 3.88. The Morgan fingerprint density at radius 1 is 1.71 bits per heavy atom. The van der Waals surface area contributed by atoms with Crippen LogP contribution in [0.4, 0.5) is 0 Å². The highest BCUT2D eigenvalue weighted by molar-refractivity contribution is 5.74. The predicted molar refractivity (Wildman–Crippen MR) is 56.2 cm³/mol. The molecule has 0 aromatic rings. The van der Waals surface area contributed by atoms with E-state index in [9.17, 15) is 4.79 Å². The normalized spacial score (nSPS) is 28.5. The fourth-order valence-electron chi connectivity index (χ4n) is 2.01. The van der Waals surface area contributed by atoms with E-state index in [1.165, 1.54) is 0 Å². The van der Waals surface area contributed by atoms with E-state index in [-0.39, 0.29) is 0 Å². The van der Waals surface area contributed by atoms with Crippen LogP contribution in [0.15, 0.2) is 12.2 Å². The summed E-state index contributed by atoms with van der Waals surface area (Å²) >= 11 is 0. The van der Waals surface area contributed by atoms with Gasteiger partial charge in [0, 0.05) is 0 Å². The summed E-state index contributed by atoms with van der Waals surface area (Å²) < 4.78 is 0. The zero-order valence-corrected chi connectivity index (χ0v) is 8.75. The summed E-state index contributed by atoms with van der Waals surface area (Å²) in [5.41, 5.74) is 1.10. The fourth-order valence-corrected chi connectivity index (χ4v) is 2.01. The van der Waals surface area contributed by atoms with E-state index >= 15 is 0 Å². The molecule has 3 heteroatoms. The molecule has 80 valence electrons. The van der Waals surface area contributed by atoms with Gasteiger partial charge in [0.2, 0.25) is 0 Å². The van der Waals surface area contributed by atoms with Gasteiger partial charge in [-0.15, -0.1) is 0 Å². The van der Waals surface area contributed by atoms with Crippen LogP contribution < -0.4 is 5.32 Å². The molecule has 0 radical (unpaired) electrons. The first-order chi connectivity index (χ1) is 6.65. The smallest absolute Gasteiger partial charge is 0.321 e. The van der Waals surface area contributed by atoms with Crippen LogP contribution in [0, 0.1) is 5.92 Å². The summed E-state index contributed by atoms with van der Waals surface area (Å²) in [5.74, 6) is -0.250. The van der Waals surface area contributed by atoms with Crippen molar-refractivity contribution >= 4 is 5.97 Å². The van der Waals surface area contributed by atoms with Gasteiger partial charge in [0.1, 0.15) is 6.04 Å². The molecule has 1 aliphatic heterocycles. The molecule has 1 fully saturated rings.